The van der Waals surface area contributed by atoms with Crippen LogP contribution in [0.25, 0.3) is 0 Å². The standard InChI is InChI=1S/C11H16F3N5O/c1-7(10-18-17-8-3-2-4-19(8)10)16-9(20)5-15-6-11(12,13)14/h7,15H,2-6H2,1H3,(H,16,20). The fourth-order valence-electron chi connectivity index (χ4n) is 2.17. The SMILES string of the molecule is CC(NC(=O)CNCC(F)(F)F)c1nnc2n1CCC2. The molecule has 1 aliphatic rings. The Morgan fingerprint density at radius 3 is 2.90 bits per heavy atom. The number of hydrogen-bond acceptors (Lipinski definition) is 4. The number of nitrogens with zero attached hydrogens (tertiary/aromatic N) is 3. The number of halogens is 3. The number of nitrogens with one attached hydrogen (secondary N) is 2. The quantitative estimate of drug-likeness (QED) is 0.831. The van der Waals surface area contributed by atoms with Crippen molar-refractivity contribution in [2.75, 3.05) is 13.1 Å². The summed E-state index contributed by atoms with van der Waals surface area (Å²) in [5, 5.41) is 12.7. The van der Waals surface area contributed by atoms with E-state index in [9.17, 15) is 18.0 Å². The van der Waals surface area contributed by atoms with Gasteiger partial charge in [-0.25, -0.2) is 0 Å². The summed E-state index contributed by atoms with van der Waals surface area (Å²) in [5.41, 5.74) is 0. The van der Waals surface area contributed by atoms with Crippen LogP contribution in [-0.4, -0.2) is 39.9 Å². The van der Waals surface area contributed by atoms with Gasteiger partial charge in [0.25, 0.3) is 0 Å². The Balaban J connectivity index is 1.82. The van der Waals surface area contributed by atoms with Crippen LogP contribution in [0, 0.1) is 0 Å². The van der Waals surface area contributed by atoms with E-state index < -0.39 is 18.6 Å². The lowest BCUT2D eigenvalue weighted by Gasteiger charge is -2.14. The van der Waals surface area contributed by atoms with Crippen molar-refractivity contribution in [2.45, 2.75) is 38.5 Å². The first kappa shape index (κ1) is 14.8. The smallest absolute Gasteiger partial charge is 0.345 e. The van der Waals surface area contributed by atoms with Gasteiger partial charge in [-0.05, 0) is 13.3 Å². The molecule has 0 radical (unpaired) electrons. The van der Waals surface area contributed by atoms with Crippen molar-refractivity contribution >= 4 is 5.91 Å². The Bertz CT molecular complexity index is 485. The van der Waals surface area contributed by atoms with E-state index in [2.05, 4.69) is 15.5 Å². The van der Waals surface area contributed by atoms with Gasteiger partial charge in [0.1, 0.15) is 5.82 Å². The fraction of sp³-hybridized carbons (Fsp3) is 0.727. The molecule has 6 nitrogen and oxygen atoms in total. The van der Waals surface area contributed by atoms with Crippen LogP contribution < -0.4 is 10.6 Å². The number of aryl methyl sites for hydroxylation is 1. The monoisotopic (exact) mass is 291 g/mol. The first-order valence-electron chi connectivity index (χ1n) is 6.35. The predicted molar refractivity (Wildman–Crippen MR) is 63.8 cm³/mol. The molecule has 0 aliphatic carbocycles. The van der Waals surface area contributed by atoms with Crippen molar-refractivity contribution in [1.82, 2.24) is 25.4 Å². The lowest BCUT2D eigenvalue weighted by molar-refractivity contribution is -0.128. The highest BCUT2D eigenvalue weighted by Gasteiger charge is 2.27. The highest BCUT2D eigenvalue weighted by Crippen LogP contribution is 2.18. The number of aromatic nitrogens is 3. The van der Waals surface area contributed by atoms with Crippen LogP contribution in [0.5, 0.6) is 0 Å². The van der Waals surface area contributed by atoms with Gasteiger partial charge in [-0.3, -0.25) is 4.79 Å². The van der Waals surface area contributed by atoms with Crippen LogP contribution in [0.3, 0.4) is 0 Å². The first-order valence-corrected chi connectivity index (χ1v) is 6.35. The Morgan fingerprint density at radius 1 is 1.45 bits per heavy atom. The van der Waals surface area contributed by atoms with E-state index in [4.69, 9.17) is 0 Å². The zero-order valence-corrected chi connectivity index (χ0v) is 11.0. The van der Waals surface area contributed by atoms with Gasteiger partial charge in [-0.2, -0.15) is 13.2 Å². The van der Waals surface area contributed by atoms with Crippen LogP contribution in [0.15, 0.2) is 0 Å². The molecule has 1 unspecified atom stereocenters. The molecule has 2 N–H and O–H groups in total. The predicted octanol–water partition coefficient (Wildman–Crippen LogP) is 0.553. The van der Waals surface area contributed by atoms with Gasteiger partial charge >= 0.3 is 6.18 Å². The first-order chi connectivity index (χ1) is 9.37. The lowest BCUT2D eigenvalue weighted by atomic mass is 10.3. The molecule has 9 heteroatoms. The van der Waals surface area contributed by atoms with E-state index in [1.165, 1.54) is 0 Å². The van der Waals surface area contributed by atoms with E-state index >= 15 is 0 Å². The summed E-state index contributed by atoms with van der Waals surface area (Å²) >= 11 is 0. The molecule has 1 aromatic heterocycles. The molecule has 0 bridgehead atoms. The van der Waals surface area contributed by atoms with Crippen LogP contribution in [0.1, 0.15) is 31.0 Å². The van der Waals surface area contributed by atoms with Crippen molar-refractivity contribution in [3.8, 4) is 0 Å². The van der Waals surface area contributed by atoms with Gasteiger partial charge in [-0.15, -0.1) is 10.2 Å². The van der Waals surface area contributed by atoms with Crippen molar-refractivity contribution in [3.05, 3.63) is 11.6 Å². The molecule has 0 saturated heterocycles. The summed E-state index contributed by atoms with van der Waals surface area (Å²) in [6, 6.07) is -0.380. The van der Waals surface area contributed by atoms with Gasteiger partial charge in [0.15, 0.2) is 5.82 Å². The second-order valence-electron chi connectivity index (χ2n) is 4.74. The summed E-state index contributed by atoms with van der Waals surface area (Å²) in [4.78, 5) is 11.5. The highest BCUT2D eigenvalue weighted by molar-refractivity contribution is 5.78. The minimum absolute atomic E-state index is 0.380. The van der Waals surface area contributed by atoms with Gasteiger partial charge in [-0.1, -0.05) is 0 Å². The number of hydrogen-bond donors (Lipinski definition) is 2. The van der Waals surface area contributed by atoms with E-state index in [1.807, 2.05) is 9.88 Å². The number of rotatable bonds is 5. The second kappa shape index (κ2) is 5.78. The highest BCUT2D eigenvalue weighted by atomic mass is 19.4. The normalized spacial score (nSPS) is 16.0. The summed E-state index contributed by atoms with van der Waals surface area (Å²) < 4.78 is 37.7. The number of amides is 1. The third-order valence-electron chi connectivity index (χ3n) is 3.01. The number of carbonyl (C=O) groups excluding carboxylic acids is 1. The molecule has 0 spiro atoms. The zero-order chi connectivity index (χ0) is 14.8. The Labute approximate surface area is 113 Å². The maximum atomic E-state index is 11.9. The molecule has 1 aliphatic heterocycles. The van der Waals surface area contributed by atoms with E-state index in [0.717, 1.165) is 25.2 Å². The zero-order valence-electron chi connectivity index (χ0n) is 11.0. The Kier molecular flexibility index (Phi) is 4.26. The molecule has 2 heterocycles. The van der Waals surface area contributed by atoms with Crippen molar-refractivity contribution in [1.29, 1.82) is 0 Å². The Morgan fingerprint density at radius 2 is 2.20 bits per heavy atom. The molecule has 20 heavy (non-hydrogen) atoms. The Hall–Kier alpha value is -1.64. The van der Waals surface area contributed by atoms with Crippen molar-refractivity contribution < 1.29 is 18.0 Å². The molecule has 0 saturated carbocycles. The largest absolute Gasteiger partial charge is 0.401 e. The topological polar surface area (TPSA) is 71.8 Å². The summed E-state index contributed by atoms with van der Waals surface area (Å²) in [6.45, 7) is 0.974. The summed E-state index contributed by atoms with van der Waals surface area (Å²) in [5.74, 6) is 1.02. The number of carbonyl (C=O) groups is 1. The van der Waals surface area contributed by atoms with Crippen LogP contribution >= 0.6 is 0 Å². The molecule has 112 valence electrons. The summed E-state index contributed by atoms with van der Waals surface area (Å²) in [7, 11) is 0. The minimum atomic E-state index is -4.32. The number of alkyl halides is 3. The van der Waals surface area contributed by atoms with E-state index in [0.29, 0.717) is 5.82 Å². The maximum Gasteiger partial charge on any atom is 0.401 e. The lowest BCUT2D eigenvalue weighted by Crippen LogP contribution is -2.39. The van der Waals surface area contributed by atoms with Crippen LogP contribution in [0.4, 0.5) is 13.2 Å². The average Bonchev–Trinajstić information content (AvgIpc) is 2.87. The fourth-order valence-corrected chi connectivity index (χ4v) is 2.17. The second-order valence-corrected chi connectivity index (χ2v) is 4.74. The van der Waals surface area contributed by atoms with Gasteiger partial charge in [0.05, 0.1) is 19.1 Å². The average molecular weight is 291 g/mol. The maximum absolute atomic E-state index is 11.9. The minimum Gasteiger partial charge on any atom is -0.345 e. The van der Waals surface area contributed by atoms with Gasteiger partial charge in [0, 0.05) is 13.0 Å². The van der Waals surface area contributed by atoms with E-state index in [-0.39, 0.29) is 12.6 Å². The third kappa shape index (κ3) is 3.69. The molecule has 0 fully saturated rings. The van der Waals surface area contributed by atoms with Crippen LogP contribution in [0.2, 0.25) is 0 Å². The van der Waals surface area contributed by atoms with Gasteiger partial charge < -0.3 is 15.2 Å². The summed E-state index contributed by atoms with van der Waals surface area (Å²) in [6.07, 6.45) is -2.47. The van der Waals surface area contributed by atoms with Gasteiger partial charge in [0.2, 0.25) is 5.91 Å². The molecular weight excluding hydrogens is 275 g/mol. The molecule has 1 amide bonds. The molecule has 0 aromatic carbocycles. The van der Waals surface area contributed by atoms with Crippen molar-refractivity contribution in [3.63, 3.8) is 0 Å². The van der Waals surface area contributed by atoms with Crippen LogP contribution in [-0.2, 0) is 17.8 Å². The molecule has 1 aromatic rings. The van der Waals surface area contributed by atoms with E-state index in [1.54, 1.807) is 6.92 Å². The third-order valence-corrected chi connectivity index (χ3v) is 3.01. The molecular formula is C11H16F3N5O. The molecule has 1 atom stereocenters. The number of fused-ring (bicyclic) bond motifs is 1. The van der Waals surface area contributed by atoms with Crippen molar-refractivity contribution in [2.24, 2.45) is 0 Å². The molecule has 2 rings (SSSR count).